The first kappa shape index (κ1) is 22.9. The third-order valence-electron chi connectivity index (χ3n) is 6.03. The van der Waals surface area contributed by atoms with Gasteiger partial charge in [-0.2, -0.15) is 0 Å². The number of amides is 1. The highest BCUT2D eigenvalue weighted by Crippen LogP contribution is 2.32. The van der Waals surface area contributed by atoms with Crippen LogP contribution in [0.4, 0.5) is 10.1 Å². The maximum atomic E-state index is 14.1. The number of sulfone groups is 1. The Hall–Kier alpha value is -3.86. The zero-order chi connectivity index (χ0) is 24.6. The molecule has 180 valence electrons. The minimum Gasteiger partial charge on any atom is -0.367 e. The molecule has 1 amide bonds. The number of fused-ring (bicyclic) bond motifs is 1. The molecule has 0 unspecified atom stereocenters. The highest BCUT2D eigenvalue weighted by atomic mass is 32.2. The first-order chi connectivity index (χ1) is 16.8. The smallest absolute Gasteiger partial charge is 0.246 e. The molecule has 9 nitrogen and oxygen atoms in total. The van der Waals surface area contributed by atoms with Crippen molar-refractivity contribution in [2.45, 2.75) is 11.7 Å². The van der Waals surface area contributed by atoms with Gasteiger partial charge in [-0.3, -0.25) is 4.79 Å². The van der Waals surface area contributed by atoms with Crippen molar-refractivity contribution >= 4 is 32.5 Å². The molecule has 3 aromatic heterocycles. The molecule has 35 heavy (non-hydrogen) atoms. The lowest BCUT2D eigenvalue weighted by Gasteiger charge is -2.37. The van der Waals surface area contributed by atoms with Crippen LogP contribution in [-0.4, -0.2) is 71.2 Å². The van der Waals surface area contributed by atoms with Crippen LogP contribution in [0.3, 0.4) is 0 Å². The molecule has 4 heterocycles. The van der Waals surface area contributed by atoms with Crippen LogP contribution in [0.1, 0.15) is 0 Å². The first-order valence-corrected chi connectivity index (χ1v) is 12.9. The summed E-state index contributed by atoms with van der Waals surface area (Å²) in [6.07, 6.45) is 7.38. The minimum atomic E-state index is -3.54. The number of nitrogens with zero attached hydrogens (tertiary/aromatic N) is 6. The number of anilines is 1. The topological polar surface area (TPSA) is 101 Å². The van der Waals surface area contributed by atoms with Crippen LogP contribution in [0.2, 0.25) is 0 Å². The molecule has 0 spiro atoms. The van der Waals surface area contributed by atoms with Crippen molar-refractivity contribution in [2.24, 2.45) is 0 Å². The van der Waals surface area contributed by atoms with Gasteiger partial charge >= 0.3 is 0 Å². The molecule has 0 bridgehead atoms. The van der Waals surface area contributed by atoms with Crippen LogP contribution >= 0.6 is 0 Å². The summed E-state index contributed by atoms with van der Waals surface area (Å²) in [7, 11) is -3.54. The molecule has 1 saturated heterocycles. The lowest BCUT2D eigenvalue weighted by atomic mass is 10.0. The van der Waals surface area contributed by atoms with E-state index < -0.39 is 15.7 Å². The number of halogens is 1. The van der Waals surface area contributed by atoms with E-state index in [-0.39, 0.29) is 17.6 Å². The lowest BCUT2D eigenvalue weighted by Crippen LogP contribution is -2.49. The number of carbonyl (C=O) groups excluding carboxylic acids is 1. The Bertz CT molecular complexity index is 1500. The zero-order valence-corrected chi connectivity index (χ0v) is 19.8. The maximum absolute atomic E-state index is 14.1. The van der Waals surface area contributed by atoms with E-state index in [2.05, 4.69) is 19.9 Å². The fraction of sp³-hybridized carbons (Fsp3) is 0.250. The molecule has 1 aliphatic heterocycles. The Kier molecular flexibility index (Phi) is 5.93. The number of aromatic nitrogens is 4. The van der Waals surface area contributed by atoms with E-state index in [1.165, 1.54) is 24.5 Å². The van der Waals surface area contributed by atoms with E-state index in [1.807, 2.05) is 33.9 Å². The van der Waals surface area contributed by atoms with Gasteiger partial charge in [-0.25, -0.2) is 27.8 Å². The summed E-state index contributed by atoms with van der Waals surface area (Å²) >= 11 is 0. The summed E-state index contributed by atoms with van der Waals surface area (Å²) in [6, 6.07) is 10.2. The molecule has 1 aliphatic rings. The van der Waals surface area contributed by atoms with Gasteiger partial charge in [0.2, 0.25) is 20.9 Å². The molecule has 0 aliphatic carbocycles. The van der Waals surface area contributed by atoms with E-state index in [9.17, 15) is 17.6 Å². The van der Waals surface area contributed by atoms with Gasteiger partial charge in [-0.05, 0) is 36.4 Å². The van der Waals surface area contributed by atoms with Crippen LogP contribution in [0.15, 0.2) is 66.3 Å². The number of benzene rings is 1. The van der Waals surface area contributed by atoms with Crippen LogP contribution < -0.4 is 4.90 Å². The number of pyridine rings is 1. The maximum Gasteiger partial charge on any atom is 0.246 e. The number of hydrogen-bond acceptors (Lipinski definition) is 7. The number of rotatable bonds is 5. The van der Waals surface area contributed by atoms with Gasteiger partial charge < -0.3 is 14.4 Å². The van der Waals surface area contributed by atoms with Crippen molar-refractivity contribution in [1.29, 1.82) is 0 Å². The molecular formula is C24H23FN6O3S. The molecule has 1 aromatic carbocycles. The minimum absolute atomic E-state index is 0.0110. The molecule has 0 saturated carbocycles. The van der Waals surface area contributed by atoms with E-state index >= 15 is 0 Å². The van der Waals surface area contributed by atoms with E-state index in [0.717, 1.165) is 23.0 Å². The molecule has 0 N–H and O–H groups in total. The Morgan fingerprint density at radius 3 is 2.49 bits per heavy atom. The summed E-state index contributed by atoms with van der Waals surface area (Å²) in [6.45, 7) is 2.39. The van der Waals surface area contributed by atoms with Crippen molar-refractivity contribution < 1.29 is 17.6 Å². The van der Waals surface area contributed by atoms with Crippen LogP contribution in [0.25, 0.3) is 22.2 Å². The summed E-state index contributed by atoms with van der Waals surface area (Å²) in [5.41, 5.74) is 2.63. The lowest BCUT2D eigenvalue weighted by molar-refractivity contribution is -0.132. The highest BCUT2D eigenvalue weighted by molar-refractivity contribution is 7.90. The molecule has 0 atom stereocenters. The van der Waals surface area contributed by atoms with E-state index in [4.69, 9.17) is 0 Å². The molecule has 11 heteroatoms. The van der Waals surface area contributed by atoms with Gasteiger partial charge in [0.05, 0.1) is 0 Å². The van der Waals surface area contributed by atoms with Crippen molar-refractivity contribution in [3.63, 3.8) is 0 Å². The van der Waals surface area contributed by atoms with Gasteiger partial charge in [0.15, 0.2) is 0 Å². The van der Waals surface area contributed by atoms with Crippen LogP contribution in [0.5, 0.6) is 0 Å². The van der Waals surface area contributed by atoms with Crippen molar-refractivity contribution in [3.05, 3.63) is 67.0 Å². The normalized spacial score (nSPS) is 14.5. The van der Waals surface area contributed by atoms with Crippen molar-refractivity contribution in [3.8, 4) is 11.1 Å². The number of piperazine rings is 1. The largest absolute Gasteiger partial charge is 0.367 e. The average molecular weight is 495 g/mol. The van der Waals surface area contributed by atoms with Crippen molar-refractivity contribution in [2.75, 3.05) is 37.3 Å². The molecular weight excluding hydrogens is 471 g/mol. The quantitative estimate of drug-likeness (QED) is 0.393. The highest BCUT2D eigenvalue weighted by Gasteiger charge is 2.24. The standard InChI is InChI=1S/C24H23FN6O3S/c1-35(33,34)24-27-14-18(15-28-24)20-13-19(25)4-5-21(20)29-9-11-30(12-10-29)22(32)16-31-8-6-17-3-2-7-26-23(17)31/h2-8,13-15H,9-12,16H2,1H3. The monoisotopic (exact) mass is 494 g/mol. The Labute approximate surface area is 201 Å². The fourth-order valence-electron chi connectivity index (χ4n) is 4.25. The summed E-state index contributed by atoms with van der Waals surface area (Å²) in [4.78, 5) is 29.1. The molecule has 4 aromatic rings. The van der Waals surface area contributed by atoms with E-state index in [1.54, 1.807) is 12.3 Å². The van der Waals surface area contributed by atoms with Gasteiger partial charge in [-0.15, -0.1) is 0 Å². The zero-order valence-electron chi connectivity index (χ0n) is 19.0. The Balaban J connectivity index is 1.31. The second kappa shape index (κ2) is 9.06. The Morgan fingerprint density at radius 2 is 1.77 bits per heavy atom. The number of hydrogen-bond donors (Lipinski definition) is 0. The second-order valence-corrected chi connectivity index (χ2v) is 10.3. The van der Waals surface area contributed by atoms with Gasteiger partial charge in [0, 0.05) is 79.4 Å². The molecule has 5 rings (SSSR count). The third-order valence-corrected chi connectivity index (χ3v) is 6.91. The van der Waals surface area contributed by atoms with Crippen LogP contribution in [0, 0.1) is 5.82 Å². The first-order valence-electron chi connectivity index (χ1n) is 11.0. The predicted molar refractivity (Wildman–Crippen MR) is 129 cm³/mol. The SMILES string of the molecule is CS(=O)(=O)c1ncc(-c2cc(F)ccc2N2CCN(C(=O)Cn3ccc4cccnc43)CC2)cn1. The summed E-state index contributed by atoms with van der Waals surface area (Å²) < 4.78 is 39.3. The fourth-order valence-corrected chi connectivity index (χ4v) is 4.74. The van der Waals surface area contributed by atoms with Crippen LogP contribution in [-0.2, 0) is 21.2 Å². The molecule has 1 fully saturated rings. The Morgan fingerprint density at radius 1 is 1.03 bits per heavy atom. The summed E-state index contributed by atoms with van der Waals surface area (Å²) in [5.74, 6) is -0.408. The van der Waals surface area contributed by atoms with E-state index in [0.29, 0.717) is 37.3 Å². The second-order valence-electron chi connectivity index (χ2n) is 8.42. The van der Waals surface area contributed by atoms with Crippen molar-refractivity contribution in [1.82, 2.24) is 24.4 Å². The number of carbonyl (C=O) groups is 1. The summed E-state index contributed by atoms with van der Waals surface area (Å²) in [5, 5.41) is 0.708. The molecule has 0 radical (unpaired) electrons. The predicted octanol–water partition coefficient (Wildman–Crippen LogP) is 2.38. The van der Waals surface area contributed by atoms with Gasteiger partial charge in [0.1, 0.15) is 18.0 Å². The average Bonchev–Trinajstić information content (AvgIpc) is 3.26. The van der Waals surface area contributed by atoms with Gasteiger partial charge in [0.25, 0.3) is 0 Å². The van der Waals surface area contributed by atoms with Gasteiger partial charge in [-0.1, -0.05) is 0 Å². The third kappa shape index (κ3) is 4.72.